The van der Waals surface area contributed by atoms with E-state index in [9.17, 15) is 9.18 Å². The number of amides is 1. The number of benzene rings is 1. The van der Waals surface area contributed by atoms with E-state index in [0.717, 1.165) is 13.1 Å². The summed E-state index contributed by atoms with van der Waals surface area (Å²) in [6.07, 6.45) is 0. The number of rotatable bonds is 2. The van der Waals surface area contributed by atoms with Gasteiger partial charge in [-0.3, -0.25) is 4.79 Å². The maximum absolute atomic E-state index is 12.9. The molecule has 1 aromatic rings. The van der Waals surface area contributed by atoms with E-state index in [-0.39, 0.29) is 30.2 Å². The zero-order valence-corrected chi connectivity index (χ0v) is 12.2. The van der Waals surface area contributed by atoms with E-state index in [0.29, 0.717) is 9.13 Å². The third-order valence-corrected chi connectivity index (χ3v) is 3.68. The maximum atomic E-state index is 12.9. The Kier molecular flexibility index (Phi) is 5.15. The minimum atomic E-state index is -0.311. The van der Waals surface area contributed by atoms with Crippen molar-refractivity contribution in [3.05, 3.63) is 33.1 Å². The molecule has 0 radical (unpaired) electrons. The molecule has 1 heterocycles. The van der Waals surface area contributed by atoms with Gasteiger partial charge in [0.1, 0.15) is 5.82 Å². The van der Waals surface area contributed by atoms with Gasteiger partial charge in [0.15, 0.2) is 0 Å². The standard InChI is InChI=1S/C11H12FIN2O.ClH/c1-15(8-5-14-6-8)11(16)9-3-2-7(12)4-10(9)13;/h2-4,8,14H,5-6H2,1H3;1H. The lowest BCUT2D eigenvalue weighted by molar-refractivity contribution is 0.0680. The van der Waals surface area contributed by atoms with Crippen molar-refractivity contribution in [2.24, 2.45) is 0 Å². The molecule has 1 N–H and O–H groups in total. The van der Waals surface area contributed by atoms with E-state index in [1.54, 1.807) is 18.0 Å². The van der Waals surface area contributed by atoms with Crippen molar-refractivity contribution in [1.82, 2.24) is 10.2 Å². The van der Waals surface area contributed by atoms with E-state index in [2.05, 4.69) is 5.32 Å². The minimum Gasteiger partial charge on any atom is -0.336 e. The third-order valence-electron chi connectivity index (χ3n) is 2.79. The number of nitrogens with zero attached hydrogens (tertiary/aromatic N) is 1. The highest BCUT2D eigenvalue weighted by Crippen LogP contribution is 2.17. The van der Waals surface area contributed by atoms with Gasteiger partial charge in [-0.25, -0.2) is 4.39 Å². The van der Waals surface area contributed by atoms with Crippen LogP contribution in [0.15, 0.2) is 18.2 Å². The number of likely N-dealkylation sites (N-methyl/N-ethyl adjacent to an activating group) is 1. The molecular formula is C11H13ClFIN2O. The van der Waals surface area contributed by atoms with Crippen LogP contribution in [0, 0.1) is 9.39 Å². The summed E-state index contributed by atoms with van der Waals surface area (Å²) in [4.78, 5) is 13.8. The molecular weight excluding hydrogens is 357 g/mol. The Balaban J connectivity index is 0.00000144. The summed E-state index contributed by atoms with van der Waals surface area (Å²) < 4.78 is 13.6. The Morgan fingerprint density at radius 2 is 2.18 bits per heavy atom. The lowest BCUT2D eigenvalue weighted by Gasteiger charge is -2.35. The Morgan fingerprint density at radius 1 is 1.53 bits per heavy atom. The van der Waals surface area contributed by atoms with Gasteiger partial charge in [-0.05, 0) is 40.8 Å². The molecule has 0 unspecified atom stereocenters. The van der Waals surface area contributed by atoms with Crippen LogP contribution in [0.5, 0.6) is 0 Å². The van der Waals surface area contributed by atoms with Gasteiger partial charge in [0.25, 0.3) is 5.91 Å². The second-order valence-corrected chi connectivity index (χ2v) is 5.01. The van der Waals surface area contributed by atoms with Gasteiger partial charge in [-0.15, -0.1) is 12.4 Å². The molecule has 1 aliphatic heterocycles. The van der Waals surface area contributed by atoms with Crippen LogP contribution in [0.2, 0.25) is 0 Å². The predicted octanol–water partition coefficient (Wildman–Crippen LogP) is 1.90. The van der Waals surface area contributed by atoms with E-state index in [1.165, 1.54) is 12.1 Å². The fourth-order valence-corrected chi connectivity index (χ4v) is 2.27. The highest BCUT2D eigenvalue weighted by Gasteiger charge is 2.26. The smallest absolute Gasteiger partial charge is 0.255 e. The molecule has 0 bridgehead atoms. The summed E-state index contributed by atoms with van der Waals surface area (Å²) in [5, 5.41) is 3.12. The molecule has 17 heavy (non-hydrogen) atoms. The second kappa shape index (κ2) is 5.97. The molecule has 2 rings (SSSR count). The summed E-state index contributed by atoms with van der Waals surface area (Å²) >= 11 is 1.98. The first-order chi connectivity index (χ1) is 7.59. The average molecular weight is 371 g/mol. The molecule has 1 saturated heterocycles. The Hall–Kier alpha value is -0.400. The highest BCUT2D eigenvalue weighted by atomic mass is 127. The Morgan fingerprint density at radius 3 is 2.65 bits per heavy atom. The van der Waals surface area contributed by atoms with Crippen LogP contribution in [0.1, 0.15) is 10.4 Å². The molecule has 1 fully saturated rings. The molecule has 0 saturated carbocycles. The highest BCUT2D eigenvalue weighted by molar-refractivity contribution is 14.1. The zero-order valence-electron chi connectivity index (χ0n) is 9.24. The molecule has 6 heteroatoms. The SMILES string of the molecule is CN(C(=O)c1ccc(F)cc1I)C1CNC1.Cl. The van der Waals surface area contributed by atoms with Crippen molar-refractivity contribution in [3.8, 4) is 0 Å². The summed E-state index contributed by atoms with van der Waals surface area (Å²) in [6.45, 7) is 1.67. The van der Waals surface area contributed by atoms with Crippen LogP contribution < -0.4 is 5.32 Å². The van der Waals surface area contributed by atoms with Crippen LogP contribution in [0.4, 0.5) is 4.39 Å². The van der Waals surface area contributed by atoms with Gasteiger partial charge >= 0.3 is 0 Å². The molecule has 0 spiro atoms. The topological polar surface area (TPSA) is 32.3 Å². The number of carbonyl (C=O) groups is 1. The quantitative estimate of drug-likeness (QED) is 0.807. The van der Waals surface area contributed by atoms with Crippen molar-refractivity contribution >= 4 is 40.9 Å². The van der Waals surface area contributed by atoms with Crippen molar-refractivity contribution < 1.29 is 9.18 Å². The lowest BCUT2D eigenvalue weighted by Crippen LogP contribution is -2.57. The molecule has 3 nitrogen and oxygen atoms in total. The van der Waals surface area contributed by atoms with Crippen molar-refractivity contribution in [2.45, 2.75) is 6.04 Å². The van der Waals surface area contributed by atoms with Gasteiger partial charge < -0.3 is 10.2 Å². The van der Waals surface area contributed by atoms with E-state index < -0.39 is 0 Å². The van der Waals surface area contributed by atoms with Gasteiger partial charge in [0, 0.05) is 23.7 Å². The monoisotopic (exact) mass is 370 g/mol. The number of hydrogen-bond donors (Lipinski definition) is 1. The molecule has 1 amide bonds. The van der Waals surface area contributed by atoms with Gasteiger partial charge in [-0.2, -0.15) is 0 Å². The van der Waals surface area contributed by atoms with E-state index >= 15 is 0 Å². The largest absolute Gasteiger partial charge is 0.336 e. The fraction of sp³-hybridized carbons (Fsp3) is 0.364. The normalized spacial score (nSPS) is 14.8. The molecule has 0 atom stereocenters. The predicted molar refractivity (Wildman–Crippen MR) is 75.1 cm³/mol. The van der Waals surface area contributed by atoms with Crippen molar-refractivity contribution in [3.63, 3.8) is 0 Å². The second-order valence-electron chi connectivity index (χ2n) is 3.85. The summed E-state index contributed by atoms with van der Waals surface area (Å²) in [5.41, 5.74) is 0.566. The summed E-state index contributed by atoms with van der Waals surface area (Å²) in [5.74, 6) is -0.357. The van der Waals surface area contributed by atoms with Crippen LogP contribution in [0.25, 0.3) is 0 Å². The van der Waals surface area contributed by atoms with Crippen LogP contribution in [0.3, 0.4) is 0 Å². The number of halogens is 3. The van der Waals surface area contributed by atoms with Crippen LogP contribution in [-0.4, -0.2) is 37.0 Å². The zero-order chi connectivity index (χ0) is 11.7. The number of hydrogen-bond acceptors (Lipinski definition) is 2. The number of carbonyl (C=O) groups excluding carboxylic acids is 1. The molecule has 0 aliphatic carbocycles. The van der Waals surface area contributed by atoms with E-state index in [1.807, 2.05) is 22.6 Å². The van der Waals surface area contributed by atoms with Crippen molar-refractivity contribution in [1.29, 1.82) is 0 Å². The first kappa shape index (κ1) is 14.7. The molecule has 1 aromatic carbocycles. The average Bonchev–Trinajstić information content (AvgIpc) is 2.14. The Bertz CT molecular complexity index is 426. The molecule has 94 valence electrons. The van der Waals surface area contributed by atoms with Crippen LogP contribution >= 0.6 is 35.0 Å². The fourth-order valence-electron chi connectivity index (χ4n) is 1.57. The molecule has 0 aromatic heterocycles. The van der Waals surface area contributed by atoms with Crippen LogP contribution in [-0.2, 0) is 0 Å². The van der Waals surface area contributed by atoms with Gasteiger partial charge in [0.05, 0.1) is 11.6 Å². The minimum absolute atomic E-state index is 0. The Labute approximate surface area is 119 Å². The molecule has 1 aliphatic rings. The van der Waals surface area contributed by atoms with Gasteiger partial charge in [-0.1, -0.05) is 0 Å². The maximum Gasteiger partial charge on any atom is 0.255 e. The van der Waals surface area contributed by atoms with Gasteiger partial charge in [0.2, 0.25) is 0 Å². The lowest BCUT2D eigenvalue weighted by atomic mass is 10.1. The van der Waals surface area contributed by atoms with Crippen molar-refractivity contribution in [2.75, 3.05) is 20.1 Å². The first-order valence-corrected chi connectivity index (χ1v) is 6.10. The summed E-state index contributed by atoms with van der Waals surface area (Å²) in [7, 11) is 1.78. The summed E-state index contributed by atoms with van der Waals surface area (Å²) in [6, 6.07) is 4.50. The number of nitrogens with one attached hydrogen (secondary N) is 1. The third kappa shape index (κ3) is 3.08. The first-order valence-electron chi connectivity index (χ1n) is 5.02. The van der Waals surface area contributed by atoms with E-state index in [4.69, 9.17) is 0 Å².